The first kappa shape index (κ1) is 13.8. The van der Waals surface area contributed by atoms with E-state index in [1.807, 2.05) is 13.8 Å². The third kappa shape index (κ3) is 4.20. The van der Waals surface area contributed by atoms with Crippen molar-refractivity contribution in [2.24, 2.45) is 0 Å². The molecule has 19 heavy (non-hydrogen) atoms. The van der Waals surface area contributed by atoms with Gasteiger partial charge in [-0.2, -0.15) is 9.97 Å². The number of piperidine rings is 1. The van der Waals surface area contributed by atoms with Gasteiger partial charge in [0.05, 0.1) is 6.10 Å². The van der Waals surface area contributed by atoms with Gasteiger partial charge in [0.15, 0.2) is 0 Å². The van der Waals surface area contributed by atoms with Crippen molar-refractivity contribution in [2.75, 3.05) is 25.9 Å². The molecule has 0 spiro atoms. The van der Waals surface area contributed by atoms with E-state index in [2.05, 4.69) is 26.9 Å². The van der Waals surface area contributed by atoms with Crippen molar-refractivity contribution in [3.63, 3.8) is 0 Å². The van der Waals surface area contributed by atoms with Crippen LogP contribution in [0.15, 0.2) is 0 Å². The number of nitrogens with two attached hydrogens (primary N) is 1. The number of hydrogen-bond acceptors (Lipinski definition) is 7. The number of nitrogen functional groups attached to an aromatic ring is 1. The SMILES string of the molecule is CC(C)Oc1nc(N)nc(OC2CCN(C)CC2)n1. The Morgan fingerprint density at radius 1 is 1.16 bits per heavy atom. The van der Waals surface area contributed by atoms with Crippen LogP contribution in [0.2, 0.25) is 0 Å². The van der Waals surface area contributed by atoms with Gasteiger partial charge >= 0.3 is 12.0 Å². The second-order valence-corrected chi connectivity index (χ2v) is 5.05. The van der Waals surface area contributed by atoms with Crippen LogP contribution in [-0.4, -0.2) is 52.2 Å². The molecule has 0 amide bonds. The first-order valence-corrected chi connectivity index (χ1v) is 6.56. The molecule has 1 aromatic heterocycles. The average molecular weight is 267 g/mol. The highest BCUT2D eigenvalue weighted by atomic mass is 16.5. The number of likely N-dealkylation sites (tertiary alicyclic amines) is 1. The van der Waals surface area contributed by atoms with Crippen LogP contribution in [0.1, 0.15) is 26.7 Å². The number of nitrogens with zero attached hydrogens (tertiary/aromatic N) is 4. The maximum absolute atomic E-state index is 5.76. The minimum absolute atomic E-state index is 0.0158. The summed E-state index contributed by atoms with van der Waals surface area (Å²) in [7, 11) is 2.10. The molecule has 1 aliphatic heterocycles. The highest BCUT2D eigenvalue weighted by molar-refractivity contribution is 5.20. The minimum Gasteiger partial charge on any atom is -0.461 e. The summed E-state index contributed by atoms with van der Waals surface area (Å²) in [4.78, 5) is 14.3. The highest BCUT2D eigenvalue weighted by Gasteiger charge is 2.20. The summed E-state index contributed by atoms with van der Waals surface area (Å²) in [6.45, 7) is 5.83. The lowest BCUT2D eigenvalue weighted by Gasteiger charge is -2.28. The van der Waals surface area contributed by atoms with Gasteiger partial charge in [-0.15, -0.1) is 4.98 Å². The van der Waals surface area contributed by atoms with E-state index in [-0.39, 0.29) is 30.2 Å². The average Bonchev–Trinajstić information content (AvgIpc) is 2.30. The predicted molar refractivity (Wildman–Crippen MR) is 71.2 cm³/mol. The Morgan fingerprint density at radius 2 is 1.79 bits per heavy atom. The van der Waals surface area contributed by atoms with Gasteiger partial charge in [0, 0.05) is 13.1 Å². The van der Waals surface area contributed by atoms with Gasteiger partial charge in [-0.1, -0.05) is 0 Å². The summed E-state index contributed by atoms with van der Waals surface area (Å²) in [6, 6.07) is 0.461. The topological polar surface area (TPSA) is 86.4 Å². The number of anilines is 1. The van der Waals surface area contributed by atoms with Crippen LogP contribution in [0.25, 0.3) is 0 Å². The third-order valence-corrected chi connectivity index (χ3v) is 2.89. The molecule has 1 aromatic rings. The van der Waals surface area contributed by atoms with E-state index >= 15 is 0 Å². The standard InChI is InChI=1S/C12H21N5O2/c1-8(2)18-11-14-10(13)15-12(16-11)19-9-4-6-17(3)7-5-9/h8-9H,4-7H2,1-3H3,(H2,13,14,15,16). The van der Waals surface area contributed by atoms with Crippen LogP contribution in [0.3, 0.4) is 0 Å². The van der Waals surface area contributed by atoms with Crippen LogP contribution in [0.4, 0.5) is 5.95 Å². The molecule has 0 atom stereocenters. The van der Waals surface area contributed by atoms with Gasteiger partial charge in [0.2, 0.25) is 5.95 Å². The monoisotopic (exact) mass is 267 g/mol. The zero-order valence-corrected chi connectivity index (χ0v) is 11.7. The number of aromatic nitrogens is 3. The van der Waals surface area contributed by atoms with E-state index in [0.717, 1.165) is 25.9 Å². The number of rotatable bonds is 4. The lowest BCUT2D eigenvalue weighted by Crippen LogP contribution is -2.36. The quantitative estimate of drug-likeness (QED) is 0.859. The van der Waals surface area contributed by atoms with E-state index in [9.17, 15) is 0 Å². The summed E-state index contributed by atoms with van der Waals surface area (Å²) in [5, 5.41) is 0. The van der Waals surface area contributed by atoms with Gasteiger partial charge in [-0.05, 0) is 33.7 Å². The molecular formula is C12H21N5O2. The predicted octanol–water partition coefficient (Wildman–Crippen LogP) is 0.714. The summed E-state index contributed by atoms with van der Waals surface area (Å²) in [5.74, 6) is 0.119. The fourth-order valence-corrected chi connectivity index (χ4v) is 1.92. The molecule has 1 aliphatic rings. The molecular weight excluding hydrogens is 246 g/mol. The van der Waals surface area contributed by atoms with E-state index < -0.39 is 0 Å². The maximum atomic E-state index is 5.76. The minimum atomic E-state index is -0.0158. The van der Waals surface area contributed by atoms with Crippen LogP contribution in [0, 0.1) is 0 Å². The van der Waals surface area contributed by atoms with Crippen molar-refractivity contribution in [1.82, 2.24) is 19.9 Å². The van der Waals surface area contributed by atoms with Gasteiger partial charge in [-0.3, -0.25) is 0 Å². The summed E-state index contributed by atoms with van der Waals surface area (Å²) >= 11 is 0. The normalized spacial score (nSPS) is 17.7. The molecule has 7 nitrogen and oxygen atoms in total. The molecule has 0 saturated carbocycles. The maximum Gasteiger partial charge on any atom is 0.324 e. The molecule has 7 heteroatoms. The van der Waals surface area contributed by atoms with Gasteiger partial charge in [-0.25, -0.2) is 0 Å². The van der Waals surface area contributed by atoms with Crippen LogP contribution >= 0.6 is 0 Å². The van der Waals surface area contributed by atoms with Gasteiger partial charge in [0.1, 0.15) is 6.10 Å². The van der Waals surface area contributed by atoms with Crippen molar-refractivity contribution in [1.29, 1.82) is 0 Å². The molecule has 0 radical (unpaired) electrons. The lowest BCUT2D eigenvalue weighted by molar-refractivity contribution is 0.103. The first-order chi connectivity index (χ1) is 9.02. The zero-order chi connectivity index (χ0) is 13.8. The Morgan fingerprint density at radius 3 is 2.42 bits per heavy atom. The highest BCUT2D eigenvalue weighted by Crippen LogP contribution is 2.17. The largest absolute Gasteiger partial charge is 0.461 e. The smallest absolute Gasteiger partial charge is 0.324 e. The molecule has 1 saturated heterocycles. The van der Waals surface area contributed by atoms with E-state index in [1.165, 1.54) is 0 Å². The summed E-state index contributed by atoms with van der Waals surface area (Å²) in [6.07, 6.45) is 2.04. The molecule has 106 valence electrons. The molecule has 2 rings (SSSR count). The van der Waals surface area contributed by atoms with E-state index in [0.29, 0.717) is 0 Å². The van der Waals surface area contributed by atoms with Crippen LogP contribution in [-0.2, 0) is 0 Å². The third-order valence-electron chi connectivity index (χ3n) is 2.89. The summed E-state index contributed by atoms with van der Waals surface area (Å²) < 4.78 is 11.2. The van der Waals surface area contributed by atoms with Gasteiger partial charge < -0.3 is 20.1 Å². The Kier molecular flexibility index (Phi) is 4.36. The zero-order valence-electron chi connectivity index (χ0n) is 11.7. The Labute approximate surface area is 113 Å². The molecule has 2 heterocycles. The van der Waals surface area contributed by atoms with Crippen molar-refractivity contribution in [3.8, 4) is 12.0 Å². The summed E-state index contributed by atoms with van der Waals surface area (Å²) in [5.41, 5.74) is 5.63. The fraction of sp³-hybridized carbons (Fsp3) is 0.750. The Bertz CT molecular complexity index is 419. The second kappa shape index (κ2) is 6.01. The van der Waals surface area contributed by atoms with Crippen LogP contribution in [0.5, 0.6) is 12.0 Å². The van der Waals surface area contributed by atoms with Gasteiger partial charge in [0.25, 0.3) is 0 Å². The molecule has 0 aliphatic carbocycles. The lowest BCUT2D eigenvalue weighted by atomic mass is 10.1. The molecule has 0 aromatic carbocycles. The van der Waals surface area contributed by atoms with Crippen molar-refractivity contribution in [3.05, 3.63) is 0 Å². The van der Waals surface area contributed by atoms with Crippen molar-refractivity contribution in [2.45, 2.75) is 38.9 Å². The second-order valence-electron chi connectivity index (χ2n) is 5.05. The van der Waals surface area contributed by atoms with Crippen molar-refractivity contribution >= 4 is 5.95 Å². The Balaban J connectivity index is 2.01. The number of ether oxygens (including phenoxy) is 2. The van der Waals surface area contributed by atoms with Crippen LogP contribution < -0.4 is 15.2 Å². The molecule has 0 bridgehead atoms. The number of hydrogen-bond donors (Lipinski definition) is 1. The molecule has 2 N–H and O–H groups in total. The van der Waals surface area contributed by atoms with E-state index in [1.54, 1.807) is 0 Å². The van der Waals surface area contributed by atoms with E-state index in [4.69, 9.17) is 15.2 Å². The van der Waals surface area contributed by atoms with Crippen molar-refractivity contribution < 1.29 is 9.47 Å². The fourth-order valence-electron chi connectivity index (χ4n) is 1.92. The first-order valence-electron chi connectivity index (χ1n) is 6.56. The Hall–Kier alpha value is -1.63. The molecule has 1 fully saturated rings. The molecule has 0 unspecified atom stereocenters.